The average Bonchev–Trinajstić information content (AvgIpc) is 2.48. The summed E-state index contributed by atoms with van der Waals surface area (Å²) in [5.74, 6) is 0. The van der Waals surface area contributed by atoms with Crippen LogP contribution < -0.4 is 5.56 Å². The highest BCUT2D eigenvalue weighted by atomic mass is 32.2. The lowest BCUT2D eigenvalue weighted by Gasteiger charge is -2.19. The highest BCUT2D eigenvalue weighted by Gasteiger charge is 2.27. The number of halogens is 3. The number of sulfonamides is 1. The van der Waals surface area contributed by atoms with Gasteiger partial charge in [-0.3, -0.25) is 4.79 Å². The van der Waals surface area contributed by atoms with Gasteiger partial charge in [0.15, 0.2) is 0 Å². The predicted molar refractivity (Wildman–Crippen MR) is 82.3 cm³/mol. The topological polar surface area (TPSA) is 68.6 Å². The number of aryl methyl sites for hydroxylation is 1. The second-order valence-electron chi connectivity index (χ2n) is 5.01. The van der Waals surface area contributed by atoms with E-state index in [-0.39, 0.29) is 24.5 Å². The molecule has 0 saturated heterocycles. The summed E-state index contributed by atoms with van der Waals surface area (Å²) in [5, 5.41) is 0. The summed E-state index contributed by atoms with van der Waals surface area (Å²) >= 11 is 0. The third kappa shape index (κ3) is 5.91. The van der Waals surface area contributed by atoms with Crippen molar-refractivity contribution >= 4 is 10.0 Å². The molecular formula is C14H21F3N2O4S. The quantitative estimate of drug-likeness (QED) is 0.622. The van der Waals surface area contributed by atoms with Crippen LogP contribution >= 0.6 is 0 Å². The summed E-state index contributed by atoms with van der Waals surface area (Å²) in [6, 6.07) is 2.36. The lowest BCUT2D eigenvalue weighted by atomic mass is 10.4. The number of pyridine rings is 1. The number of aromatic nitrogens is 1. The van der Waals surface area contributed by atoms with E-state index in [0.717, 1.165) is 10.6 Å². The maximum absolute atomic E-state index is 12.4. The fourth-order valence-electron chi connectivity index (χ4n) is 2.07. The van der Waals surface area contributed by atoms with Gasteiger partial charge in [0.2, 0.25) is 10.0 Å². The van der Waals surface area contributed by atoms with Crippen molar-refractivity contribution in [2.24, 2.45) is 0 Å². The van der Waals surface area contributed by atoms with Crippen LogP contribution in [-0.2, 0) is 21.3 Å². The summed E-state index contributed by atoms with van der Waals surface area (Å²) < 4.78 is 67.5. The number of hydrogen-bond acceptors (Lipinski definition) is 4. The fraction of sp³-hybridized carbons (Fsp3) is 0.643. The lowest BCUT2D eigenvalue weighted by Crippen LogP contribution is -2.32. The van der Waals surface area contributed by atoms with E-state index in [9.17, 15) is 26.4 Å². The monoisotopic (exact) mass is 370 g/mol. The minimum absolute atomic E-state index is 0.0259. The second kappa shape index (κ2) is 8.63. The largest absolute Gasteiger partial charge is 0.411 e. The van der Waals surface area contributed by atoms with Gasteiger partial charge >= 0.3 is 6.18 Å². The Hall–Kier alpha value is -1.39. The van der Waals surface area contributed by atoms with Gasteiger partial charge in [-0.25, -0.2) is 8.42 Å². The number of nitrogens with zero attached hydrogens (tertiary/aromatic N) is 2. The maximum atomic E-state index is 12.4. The Morgan fingerprint density at radius 2 is 1.83 bits per heavy atom. The molecule has 0 aliphatic heterocycles. The van der Waals surface area contributed by atoms with Crippen LogP contribution in [0.3, 0.4) is 0 Å². The van der Waals surface area contributed by atoms with Gasteiger partial charge < -0.3 is 9.30 Å². The molecule has 0 aliphatic rings. The van der Waals surface area contributed by atoms with Crippen molar-refractivity contribution in [2.45, 2.75) is 37.9 Å². The molecule has 1 rings (SSSR count). The van der Waals surface area contributed by atoms with Crippen LogP contribution in [0.25, 0.3) is 0 Å². The molecule has 0 radical (unpaired) electrons. The highest BCUT2D eigenvalue weighted by molar-refractivity contribution is 7.89. The van der Waals surface area contributed by atoms with Gasteiger partial charge in [0.25, 0.3) is 5.56 Å². The Bertz CT molecular complexity index is 682. The molecule has 6 nitrogen and oxygen atoms in total. The Kier molecular flexibility index (Phi) is 7.43. The predicted octanol–water partition coefficient (Wildman–Crippen LogP) is 1.85. The van der Waals surface area contributed by atoms with E-state index in [2.05, 4.69) is 4.74 Å². The second-order valence-corrected chi connectivity index (χ2v) is 6.95. The van der Waals surface area contributed by atoms with Gasteiger partial charge in [0.05, 0.1) is 4.90 Å². The Morgan fingerprint density at radius 3 is 2.38 bits per heavy atom. The number of ether oxygens (including phenoxy) is 1. The molecule has 10 heteroatoms. The van der Waals surface area contributed by atoms with Gasteiger partial charge in [-0.2, -0.15) is 17.5 Å². The van der Waals surface area contributed by atoms with E-state index in [1.807, 2.05) is 0 Å². The van der Waals surface area contributed by atoms with Crippen molar-refractivity contribution in [2.75, 3.05) is 26.3 Å². The van der Waals surface area contributed by atoms with Crippen LogP contribution in [-0.4, -0.2) is 49.8 Å². The molecule has 0 bridgehead atoms. The van der Waals surface area contributed by atoms with Crippen LogP contribution in [0.2, 0.25) is 0 Å². The van der Waals surface area contributed by atoms with E-state index >= 15 is 0 Å². The first-order valence-corrected chi connectivity index (χ1v) is 8.91. The molecule has 0 atom stereocenters. The number of hydrogen-bond donors (Lipinski definition) is 0. The molecule has 0 spiro atoms. The van der Waals surface area contributed by atoms with E-state index in [1.165, 1.54) is 16.6 Å². The number of rotatable bonds is 9. The summed E-state index contributed by atoms with van der Waals surface area (Å²) in [6.45, 7) is 2.53. The number of alkyl halides is 3. The SMILES string of the molecule is CCN(CC)S(=O)(=O)c1ccc(=O)n(CCCOCC(F)(F)F)c1. The van der Waals surface area contributed by atoms with Crippen molar-refractivity contribution in [3.8, 4) is 0 Å². The molecule has 1 aromatic rings. The van der Waals surface area contributed by atoms with Gasteiger partial charge in [-0.05, 0) is 12.5 Å². The van der Waals surface area contributed by atoms with Crippen molar-refractivity contribution in [1.82, 2.24) is 8.87 Å². The normalized spacial score (nSPS) is 12.8. The third-order valence-electron chi connectivity index (χ3n) is 3.25. The van der Waals surface area contributed by atoms with E-state index in [4.69, 9.17) is 0 Å². The van der Waals surface area contributed by atoms with Crippen LogP contribution in [0.4, 0.5) is 13.2 Å². The zero-order valence-electron chi connectivity index (χ0n) is 13.5. The van der Waals surface area contributed by atoms with Gasteiger partial charge in [0.1, 0.15) is 6.61 Å². The highest BCUT2D eigenvalue weighted by Crippen LogP contribution is 2.15. The van der Waals surface area contributed by atoms with Crippen molar-refractivity contribution in [1.29, 1.82) is 0 Å². The van der Waals surface area contributed by atoms with E-state index in [1.54, 1.807) is 13.8 Å². The van der Waals surface area contributed by atoms with Crippen LogP contribution in [0.1, 0.15) is 20.3 Å². The zero-order valence-corrected chi connectivity index (χ0v) is 14.4. The first kappa shape index (κ1) is 20.7. The molecule has 1 aromatic heterocycles. The fourth-order valence-corrected chi connectivity index (χ4v) is 3.55. The maximum Gasteiger partial charge on any atom is 0.411 e. The van der Waals surface area contributed by atoms with Crippen LogP contribution in [0.5, 0.6) is 0 Å². The molecule has 1 heterocycles. The van der Waals surface area contributed by atoms with Gasteiger partial charge in [-0.15, -0.1) is 0 Å². The van der Waals surface area contributed by atoms with Gasteiger partial charge in [0, 0.05) is 38.5 Å². The average molecular weight is 370 g/mol. The van der Waals surface area contributed by atoms with Crippen molar-refractivity contribution < 1.29 is 26.3 Å². The Balaban J connectivity index is 2.79. The minimum atomic E-state index is -4.39. The Labute approximate surface area is 138 Å². The molecular weight excluding hydrogens is 349 g/mol. The van der Waals surface area contributed by atoms with Crippen LogP contribution in [0.15, 0.2) is 28.0 Å². The molecule has 0 amide bonds. The molecule has 0 saturated carbocycles. The van der Waals surface area contributed by atoms with Crippen molar-refractivity contribution in [3.05, 3.63) is 28.7 Å². The molecule has 0 N–H and O–H groups in total. The summed E-state index contributed by atoms with van der Waals surface area (Å²) in [4.78, 5) is 11.7. The first-order chi connectivity index (χ1) is 11.1. The summed E-state index contributed by atoms with van der Waals surface area (Å²) in [6.07, 6.45) is -3.03. The molecule has 24 heavy (non-hydrogen) atoms. The van der Waals surface area contributed by atoms with Crippen molar-refractivity contribution in [3.63, 3.8) is 0 Å². The van der Waals surface area contributed by atoms with Gasteiger partial charge in [-0.1, -0.05) is 13.8 Å². The molecule has 0 unspecified atom stereocenters. The molecule has 138 valence electrons. The lowest BCUT2D eigenvalue weighted by molar-refractivity contribution is -0.174. The smallest absolute Gasteiger partial charge is 0.372 e. The zero-order chi connectivity index (χ0) is 18.4. The Morgan fingerprint density at radius 1 is 1.21 bits per heavy atom. The standard InChI is InChI=1S/C14H21F3N2O4S/c1-3-19(4-2)24(21,22)12-6-7-13(20)18(10-12)8-5-9-23-11-14(15,16)17/h6-7,10H,3-5,8-9,11H2,1-2H3. The molecule has 0 aliphatic carbocycles. The summed E-state index contributed by atoms with van der Waals surface area (Å²) in [7, 11) is -3.70. The van der Waals surface area contributed by atoms with Crippen LogP contribution in [0, 0.1) is 0 Å². The third-order valence-corrected chi connectivity index (χ3v) is 5.29. The summed E-state index contributed by atoms with van der Waals surface area (Å²) in [5.41, 5.74) is -0.427. The minimum Gasteiger partial charge on any atom is -0.372 e. The molecule has 0 aromatic carbocycles. The molecule has 0 fully saturated rings. The van der Waals surface area contributed by atoms with E-state index in [0.29, 0.717) is 13.1 Å². The first-order valence-electron chi connectivity index (χ1n) is 7.47. The van der Waals surface area contributed by atoms with E-state index < -0.39 is 28.4 Å².